The minimum Gasteiger partial charge on any atom is -0.129 e. The Morgan fingerprint density at radius 1 is 1.06 bits per heavy atom. The van der Waals surface area contributed by atoms with Gasteiger partial charge >= 0.3 is 0 Å². The molecule has 0 fully saturated rings. The third-order valence-corrected chi connectivity index (χ3v) is 4.66. The lowest BCUT2D eigenvalue weighted by atomic mass is 10.1. The Morgan fingerprint density at radius 3 is 2.35 bits per heavy atom. The summed E-state index contributed by atoms with van der Waals surface area (Å²) in [6, 6.07) is 16.4. The van der Waals surface area contributed by atoms with Crippen LogP contribution in [0.5, 0.6) is 0 Å². The summed E-state index contributed by atoms with van der Waals surface area (Å²) in [5.74, 6) is 0. The van der Waals surface area contributed by atoms with Gasteiger partial charge in [-0.2, -0.15) is 0 Å². The lowest BCUT2D eigenvalue weighted by molar-refractivity contribution is 1.12. The van der Waals surface area contributed by atoms with Gasteiger partial charge in [0.25, 0.3) is 0 Å². The molecule has 2 aromatic rings. The average Bonchev–Trinajstić information content (AvgIpc) is 2.39. The second-order valence-corrected chi connectivity index (χ2v) is 5.86. The highest BCUT2D eigenvalue weighted by atomic mass is 79.9. The molecule has 1 atom stereocenters. The maximum atomic E-state index is 5.90. The van der Waals surface area contributed by atoms with Crippen LogP contribution in [0.15, 0.2) is 53.4 Å². The van der Waals surface area contributed by atoms with Gasteiger partial charge in [0, 0.05) is 9.92 Å². The van der Waals surface area contributed by atoms with E-state index in [0.29, 0.717) is 0 Å². The topological polar surface area (TPSA) is 0 Å². The van der Waals surface area contributed by atoms with Gasteiger partial charge < -0.3 is 0 Å². The van der Waals surface area contributed by atoms with Crippen LogP contribution in [0.4, 0.5) is 0 Å². The summed E-state index contributed by atoms with van der Waals surface area (Å²) in [7, 11) is 0. The molecule has 0 aliphatic carbocycles. The molecule has 88 valence electrons. The first kappa shape index (κ1) is 13.0. The van der Waals surface area contributed by atoms with Crippen LogP contribution in [-0.2, 0) is 0 Å². The molecule has 0 aliphatic rings. The highest BCUT2D eigenvalue weighted by Crippen LogP contribution is 2.36. The summed E-state index contributed by atoms with van der Waals surface area (Å²) in [5, 5.41) is 0.770. The van der Waals surface area contributed by atoms with E-state index in [1.54, 1.807) is 11.8 Å². The first-order chi connectivity index (χ1) is 8.22. The largest absolute Gasteiger partial charge is 0.129 e. The number of hydrogen-bond donors (Lipinski definition) is 0. The van der Waals surface area contributed by atoms with Crippen molar-refractivity contribution in [3.8, 4) is 0 Å². The molecule has 0 bridgehead atoms. The smallest absolute Gasteiger partial charge is 0.0655 e. The van der Waals surface area contributed by atoms with Crippen LogP contribution < -0.4 is 0 Å². The SMILES string of the molecule is CSc1ccccc1C(Br)c1ccc(Cl)cc1. The molecule has 0 aromatic heterocycles. The van der Waals surface area contributed by atoms with Crippen molar-refractivity contribution in [3.05, 3.63) is 64.7 Å². The Morgan fingerprint density at radius 2 is 1.71 bits per heavy atom. The van der Waals surface area contributed by atoms with E-state index in [2.05, 4.69) is 58.6 Å². The zero-order valence-electron chi connectivity index (χ0n) is 9.36. The van der Waals surface area contributed by atoms with Gasteiger partial charge in [0.2, 0.25) is 0 Å². The van der Waals surface area contributed by atoms with Crippen molar-refractivity contribution in [3.63, 3.8) is 0 Å². The molecule has 1 unspecified atom stereocenters. The summed E-state index contributed by atoms with van der Waals surface area (Å²) >= 11 is 11.4. The standard InChI is InChI=1S/C14H12BrClS/c1-17-13-5-3-2-4-12(13)14(15)10-6-8-11(16)9-7-10/h2-9,14H,1H3. The second kappa shape index (κ2) is 5.94. The number of thioether (sulfide) groups is 1. The van der Waals surface area contributed by atoms with Crippen LogP contribution in [-0.4, -0.2) is 6.26 Å². The van der Waals surface area contributed by atoms with Gasteiger partial charge in [0.15, 0.2) is 0 Å². The molecule has 17 heavy (non-hydrogen) atoms. The highest BCUT2D eigenvalue weighted by Gasteiger charge is 2.13. The molecule has 0 saturated heterocycles. The molecule has 0 nitrogen and oxygen atoms in total. The molecule has 0 N–H and O–H groups in total. The lowest BCUT2D eigenvalue weighted by Gasteiger charge is -2.14. The Hall–Kier alpha value is -0.440. The van der Waals surface area contributed by atoms with Crippen LogP contribution in [0.3, 0.4) is 0 Å². The number of rotatable bonds is 3. The van der Waals surface area contributed by atoms with Gasteiger partial charge in [-0.15, -0.1) is 11.8 Å². The van der Waals surface area contributed by atoms with Gasteiger partial charge in [-0.25, -0.2) is 0 Å². The van der Waals surface area contributed by atoms with Crippen molar-refractivity contribution in [1.29, 1.82) is 0 Å². The second-order valence-electron chi connectivity index (χ2n) is 3.66. The van der Waals surface area contributed by atoms with Crippen molar-refractivity contribution >= 4 is 39.3 Å². The predicted octanol–water partition coefficient (Wildman–Crippen LogP) is 5.55. The first-order valence-electron chi connectivity index (χ1n) is 5.25. The normalized spacial score (nSPS) is 12.4. The van der Waals surface area contributed by atoms with Gasteiger partial charge in [0.1, 0.15) is 0 Å². The molecule has 3 heteroatoms. The minimum absolute atomic E-state index is 0.211. The summed E-state index contributed by atoms with van der Waals surface area (Å²) in [6.45, 7) is 0. The van der Waals surface area contributed by atoms with E-state index in [9.17, 15) is 0 Å². The van der Waals surface area contributed by atoms with Gasteiger partial charge in [-0.05, 0) is 35.6 Å². The molecular weight excluding hydrogens is 316 g/mol. The molecule has 0 heterocycles. The third kappa shape index (κ3) is 3.06. The summed E-state index contributed by atoms with van der Waals surface area (Å²) in [6.07, 6.45) is 2.10. The average molecular weight is 328 g/mol. The van der Waals surface area contributed by atoms with Crippen LogP contribution in [0.1, 0.15) is 16.0 Å². The highest BCUT2D eigenvalue weighted by molar-refractivity contribution is 9.09. The fraction of sp³-hybridized carbons (Fsp3) is 0.143. The van der Waals surface area contributed by atoms with E-state index >= 15 is 0 Å². The monoisotopic (exact) mass is 326 g/mol. The van der Waals surface area contributed by atoms with Crippen molar-refractivity contribution in [2.75, 3.05) is 6.26 Å². The Balaban J connectivity index is 2.36. The van der Waals surface area contributed by atoms with E-state index in [4.69, 9.17) is 11.6 Å². The zero-order chi connectivity index (χ0) is 12.3. The predicted molar refractivity (Wildman–Crippen MR) is 80.4 cm³/mol. The fourth-order valence-corrected chi connectivity index (χ4v) is 3.31. The Labute approximate surface area is 120 Å². The van der Waals surface area contributed by atoms with E-state index in [-0.39, 0.29) is 4.83 Å². The molecule has 0 spiro atoms. The Bertz CT molecular complexity index is 496. The van der Waals surface area contributed by atoms with Crippen molar-refractivity contribution in [2.24, 2.45) is 0 Å². The van der Waals surface area contributed by atoms with E-state index in [1.165, 1.54) is 16.0 Å². The van der Waals surface area contributed by atoms with Gasteiger partial charge in [-0.3, -0.25) is 0 Å². The first-order valence-corrected chi connectivity index (χ1v) is 7.76. The third-order valence-electron chi connectivity index (χ3n) is 2.57. The number of halogens is 2. The van der Waals surface area contributed by atoms with Crippen LogP contribution in [0, 0.1) is 0 Å². The van der Waals surface area contributed by atoms with E-state index in [0.717, 1.165) is 5.02 Å². The van der Waals surface area contributed by atoms with Crippen LogP contribution in [0.2, 0.25) is 5.02 Å². The maximum absolute atomic E-state index is 5.90. The summed E-state index contributed by atoms with van der Waals surface area (Å²) < 4.78 is 0. The number of benzene rings is 2. The molecule has 0 radical (unpaired) electrons. The number of alkyl halides is 1. The molecular formula is C14H12BrClS. The molecule has 2 rings (SSSR count). The van der Waals surface area contributed by atoms with Crippen LogP contribution in [0.25, 0.3) is 0 Å². The molecule has 0 aliphatic heterocycles. The van der Waals surface area contributed by atoms with E-state index < -0.39 is 0 Å². The maximum Gasteiger partial charge on any atom is 0.0655 e. The lowest BCUT2D eigenvalue weighted by Crippen LogP contribution is -1.94. The molecule has 2 aromatic carbocycles. The minimum atomic E-state index is 0.211. The van der Waals surface area contributed by atoms with Crippen molar-refractivity contribution in [2.45, 2.75) is 9.72 Å². The quantitative estimate of drug-likeness (QED) is 0.526. The molecule has 0 saturated carbocycles. The molecule has 0 amide bonds. The summed E-state index contributed by atoms with van der Waals surface area (Å²) in [4.78, 5) is 1.51. The Kier molecular flexibility index (Phi) is 4.55. The van der Waals surface area contributed by atoms with Gasteiger partial charge in [-0.1, -0.05) is 57.9 Å². The fourth-order valence-electron chi connectivity index (χ4n) is 1.69. The van der Waals surface area contributed by atoms with E-state index in [1.807, 2.05) is 12.1 Å². The summed E-state index contributed by atoms with van der Waals surface area (Å²) in [5.41, 5.74) is 2.51. The van der Waals surface area contributed by atoms with Gasteiger partial charge in [0.05, 0.1) is 4.83 Å². The van der Waals surface area contributed by atoms with Crippen molar-refractivity contribution < 1.29 is 0 Å². The number of hydrogen-bond acceptors (Lipinski definition) is 1. The van der Waals surface area contributed by atoms with Crippen molar-refractivity contribution in [1.82, 2.24) is 0 Å². The zero-order valence-corrected chi connectivity index (χ0v) is 12.5. The van der Waals surface area contributed by atoms with Crippen LogP contribution >= 0.6 is 39.3 Å².